The van der Waals surface area contributed by atoms with Gasteiger partial charge in [-0.05, 0) is 32.1 Å². The minimum Gasteiger partial charge on any atom is -0.420 e. The molecule has 0 spiro atoms. The second-order valence-corrected chi connectivity index (χ2v) is 9.09. The molecule has 0 aromatic heterocycles. The van der Waals surface area contributed by atoms with Gasteiger partial charge in [-0.2, -0.15) is 0 Å². The molecule has 0 amide bonds. The Labute approximate surface area is 88.9 Å². The van der Waals surface area contributed by atoms with Crippen molar-refractivity contribution in [2.24, 2.45) is 0 Å². The molecular formula is C10H24N2OSi. The molecule has 1 N–H and O–H groups in total. The molecule has 1 aliphatic heterocycles. The summed E-state index contributed by atoms with van der Waals surface area (Å²) in [4.78, 5) is 2.55. The summed E-state index contributed by atoms with van der Waals surface area (Å²) in [5.74, 6) is 0. The van der Waals surface area contributed by atoms with Crippen LogP contribution in [-0.4, -0.2) is 53.1 Å². The van der Waals surface area contributed by atoms with Crippen molar-refractivity contribution in [1.82, 2.24) is 10.2 Å². The number of hydrogen-bond acceptors (Lipinski definition) is 3. The first kappa shape index (κ1) is 12.2. The van der Waals surface area contributed by atoms with E-state index in [9.17, 15) is 0 Å². The van der Waals surface area contributed by atoms with E-state index in [0.717, 1.165) is 13.1 Å². The molecule has 1 heterocycles. The topological polar surface area (TPSA) is 24.5 Å². The Bertz CT molecular complexity index is 158. The molecular weight excluding hydrogens is 192 g/mol. The van der Waals surface area contributed by atoms with Crippen LogP contribution < -0.4 is 5.32 Å². The molecule has 1 aliphatic rings. The SMILES string of the molecule is CO[Si](C)(C)CCCN1CCNCC1. The van der Waals surface area contributed by atoms with Crippen molar-refractivity contribution in [3.63, 3.8) is 0 Å². The standard InChI is InChI=1S/C10H24N2OSi/c1-13-14(2,3)10-4-7-12-8-5-11-6-9-12/h11H,4-10H2,1-3H3. The monoisotopic (exact) mass is 216 g/mol. The highest BCUT2D eigenvalue weighted by Crippen LogP contribution is 2.12. The van der Waals surface area contributed by atoms with E-state index >= 15 is 0 Å². The molecule has 0 atom stereocenters. The van der Waals surface area contributed by atoms with E-state index in [1.807, 2.05) is 7.11 Å². The Morgan fingerprint density at radius 3 is 2.50 bits per heavy atom. The lowest BCUT2D eigenvalue weighted by Gasteiger charge is -2.28. The van der Waals surface area contributed by atoms with Gasteiger partial charge in [0.05, 0.1) is 0 Å². The maximum Gasteiger partial charge on any atom is 0.186 e. The molecule has 0 aromatic carbocycles. The van der Waals surface area contributed by atoms with Crippen LogP contribution >= 0.6 is 0 Å². The van der Waals surface area contributed by atoms with Gasteiger partial charge in [-0.3, -0.25) is 0 Å². The molecule has 3 nitrogen and oxygen atoms in total. The summed E-state index contributed by atoms with van der Waals surface area (Å²) >= 11 is 0. The first-order chi connectivity index (χ1) is 6.64. The fraction of sp³-hybridized carbons (Fsp3) is 1.00. The zero-order chi connectivity index (χ0) is 10.4. The average molecular weight is 216 g/mol. The van der Waals surface area contributed by atoms with Gasteiger partial charge in [-0.15, -0.1) is 0 Å². The largest absolute Gasteiger partial charge is 0.420 e. The van der Waals surface area contributed by atoms with Crippen LogP contribution in [-0.2, 0) is 4.43 Å². The molecule has 0 aliphatic carbocycles. The van der Waals surface area contributed by atoms with E-state index in [4.69, 9.17) is 4.43 Å². The smallest absolute Gasteiger partial charge is 0.186 e. The highest BCUT2D eigenvalue weighted by Gasteiger charge is 2.20. The van der Waals surface area contributed by atoms with Gasteiger partial charge in [0, 0.05) is 33.3 Å². The summed E-state index contributed by atoms with van der Waals surface area (Å²) in [6.07, 6.45) is 1.30. The van der Waals surface area contributed by atoms with Gasteiger partial charge < -0.3 is 14.6 Å². The molecule has 0 saturated carbocycles. The van der Waals surface area contributed by atoms with Crippen molar-refractivity contribution >= 4 is 8.32 Å². The molecule has 0 aromatic rings. The zero-order valence-electron chi connectivity index (χ0n) is 9.81. The first-order valence-corrected chi connectivity index (χ1v) is 8.74. The van der Waals surface area contributed by atoms with Crippen molar-refractivity contribution in [1.29, 1.82) is 0 Å². The molecule has 1 fully saturated rings. The number of piperazine rings is 1. The lowest BCUT2D eigenvalue weighted by atomic mass is 10.3. The van der Waals surface area contributed by atoms with E-state index in [1.165, 1.54) is 32.1 Å². The van der Waals surface area contributed by atoms with Gasteiger partial charge in [0.25, 0.3) is 0 Å². The van der Waals surface area contributed by atoms with Crippen LogP contribution in [0.25, 0.3) is 0 Å². The predicted molar refractivity (Wildman–Crippen MR) is 63.2 cm³/mol. The lowest BCUT2D eigenvalue weighted by molar-refractivity contribution is 0.240. The fourth-order valence-corrected chi connectivity index (χ4v) is 2.98. The van der Waals surface area contributed by atoms with Gasteiger partial charge in [0.15, 0.2) is 8.32 Å². The zero-order valence-corrected chi connectivity index (χ0v) is 10.8. The van der Waals surface area contributed by atoms with E-state index in [2.05, 4.69) is 23.3 Å². The van der Waals surface area contributed by atoms with Gasteiger partial charge in [-0.25, -0.2) is 0 Å². The summed E-state index contributed by atoms with van der Waals surface area (Å²) < 4.78 is 5.54. The number of nitrogens with one attached hydrogen (secondary N) is 1. The van der Waals surface area contributed by atoms with Gasteiger partial charge in [0.1, 0.15) is 0 Å². The van der Waals surface area contributed by atoms with Crippen molar-refractivity contribution in [2.75, 3.05) is 39.8 Å². The molecule has 0 bridgehead atoms. The maximum absolute atomic E-state index is 5.54. The Morgan fingerprint density at radius 2 is 1.93 bits per heavy atom. The molecule has 14 heavy (non-hydrogen) atoms. The number of rotatable bonds is 5. The summed E-state index contributed by atoms with van der Waals surface area (Å²) in [7, 11) is 0.554. The van der Waals surface area contributed by atoms with Gasteiger partial charge in [-0.1, -0.05) is 0 Å². The molecule has 4 heteroatoms. The van der Waals surface area contributed by atoms with Crippen LogP contribution in [0.5, 0.6) is 0 Å². The maximum atomic E-state index is 5.54. The van der Waals surface area contributed by atoms with Gasteiger partial charge >= 0.3 is 0 Å². The lowest BCUT2D eigenvalue weighted by Crippen LogP contribution is -2.44. The Morgan fingerprint density at radius 1 is 1.29 bits per heavy atom. The third kappa shape index (κ3) is 4.55. The van der Waals surface area contributed by atoms with Crippen LogP contribution in [0.4, 0.5) is 0 Å². The third-order valence-electron chi connectivity index (χ3n) is 3.02. The minimum absolute atomic E-state index is 1.16. The highest BCUT2D eigenvalue weighted by atomic mass is 28.4. The van der Waals surface area contributed by atoms with Crippen LogP contribution in [0.2, 0.25) is 19.1 Å². The van der Waals surface area contributed by atoms with Crippen LogP contribution in [0.1, 0.15) is 6.42 Å². The summed E-state index contributed by atoms with van der Waals surface area (Å²) in [6.45, 7) is 10.6. The molecule has 1 rings (SSSR count). The van der Waals surface area contributed by atoms with Crippen molar-refractivity contribution in [3.8, 4) is 0 Å². The summed E-state index contributed by atoms with van der Waals surface area (Å²) in [6, 6.07) is 1.29. The van der Waals surface area contributed by atoms with Crippen molar-refractivity contribution in [3.05, 3.63) is 0 Å². The Balaban J connectivity index is 2.08. The third-order valence-corrected chi connectivity index (χ3v) is 5.68. The molecule has 1 saturated heterocycles. The average Bonchev–Trinajstić information content (AvgIpc) is 2.19. The minimum atomic E-state index is -1.30. The second-order valence-electron chi connectivity index (χ2n) is 4.66. The van der Waals surface area contributed by atoms with Gasteiger partial charge in [0.2, 0.25) is 0 Å². The second kappa shape index (κ2) is 5.85. The first-order valence-electron chi connectivity index (χ1n) is 5.62. The Hall–Kier alpha value is 0.0969. The van der Waals surface area contributed by atoms with Crippen LogP contribution in [0.3, 0.4) is 0 Å². The number of hydrogen-bond donors (Lipinski definition) is 1. The van der Waals surface area contributed by atoms with Crippen molar-refractivity contribution in [2.45, 2.75) is 25.6 Å². The summed E-state index contributed by atoms with van der Waals surface area (Å²) in [5, 5.41) is 3.37. The molecule has 84 valence electrons. The van der Waals surface area contributed by atoms with E-state index < -0.39 is 8.32 Å². The van der Waals surface area contributed by atoms with Crippen molar-refractivity contribution < 1.29 is 4.43 Å². The quantitative estimate of drug-likeness (QED) is 0.697. The van der Waals surface area contributed by atoms with Crippen LogP contribution in [0.15, 0.2) is 0 Å². The molecule has 0 unspecified atom stereocenters. The molecule has 0 radical (unpaired) electrons. The highest BCUT2D eigenvalue weighted by molar-refractivity contribution is 6.71. The number of nitrogens with zero attached hydrogens (tertiary/aromatic N) is 1. The fourth-order valence-electron chi connectivity index (χ4n) is 1.77. The van der Waals surface area contributed by atoms with E-state index in [0.29, 0.717) is 0 Å². The Kier molecular flexibility index (Phi) is 5.09. The normalized spacial score (nSPS) is 19.9. The van der Waals surface area contributed by atoms with E-state index in [1.54, 1.807) is 0 Å². The predicted octanol–water partition coefficient (Wildman–Crippen LogP) is 1.13. The summed E-state index contributed by atoms with van der Waals surface area (Å²) in [5.41, 5.74) is 0. The van der Waals surface area contributed by atoms with Crippen LogP contribution in [0, 0.1) is 0 Å². The van der Waals surface area contributed by atoms with E-state index in [-0.39, 0.29) is 0 Å².